The molecule has 4 nitrogen and oxygen atoms in total. The standard InChI is InChI=1S/C10H7FN2O2/c1-13-8(5-14)12-9-6(10(13)15)3-2-4-7(9)11/h2-5H,1H3. The number of aromatic nitrogens is 2. The Morgan fingerprint density at radius 3 is 2.87 bits per heavy atom. The van der Waals surface area contributed by atoms with Crippen LogP contribution in [0.15, 0.2) is 23.0 Å². The van der Waals surface area contributed by atoms with Gasteiger partial charge in [-0.3, -0.25) is 14.2 Å². The molecule has 1 aromatic carbocycles. The number of aldehydes is 1. The molecule has 76 valence electrons. The Morgan fingerprint density at radius 1 is 1.47 bits per heavy atom. The van der Waals surface area contributed by atoms with Crippen molar-refractivity contribution in [3.63, 3.8) is 0 Å². The predicted molar refractivity (Wildman–Crippen MR) is 52.3 cm³/mol. The van der Waals surface area contributed by atoms with Crippen LogP contribution in [0.5, 0.6) is 0 Å². The second kappa shape index (κ2) is 3.27. The molecule has 0 spiro atoms. The largest absolute Gasteiger partial charge is 0.294 e. The van der Waals surface area contributed by atoms with Crippen LogP contribution in [0, 0.1) is 5.82 Å². The van der Waals surface area contributed by atoms with Gasteiger partial charge >= 0.3 is 0 Å². The Balaban J connectivity index is 3.04. The summed E-state index contributed by atoms with van der Waals surface area (Å²) >= 11 is 0. The van der Waals surface area contributed by atoms with Crippen molar-refractivity contribution in [1.29, 1.82) is 0 Å². The predicted octanol–water partition coefficient (Wildman–Crippen LogP) is 0.885. The van der Waals surface area contributed by atoms with Crippen LogP contribution in [-0.2, 0) is 7.05 Å². The normalized spacial score (nSPS) is 10.5. The fourth-order valence-electron chi connectivity index (χ4n) is 1.38. The third kappa shape index (κ3) is 1.32. The van der Waals surface area contributed by atoms with E-state index in [9.17, 15) is 14.0 Å². The SMILES string of the molecule is Cn1c(C=O)nc2c(F)cccc2c1=O. The van der Waals surface area contributed by atoms with E-state index in [1.54, 1.807) is 0 Å². The quantitative estimate of drug-likeness (QED) is 0.651. The number of halogens is 1. The summed E-state index contributed by atoms with van der Waals surface area (Å²) in [5.41, 5.74) is -0.496. The molecule has 0 atom stereocenters. The number of para-hydroxylation sites is 1. The molecule has 0 saturated heterocycles. The van der Waals surface area contributed by atoms with E-state index in [1.165, 1.54) is 25.2 Å². The first kappa shape index (κ1) is 9.51. The molecular formula is C10H7FN2O2. The van der Waals surface area contributed by atoms with E-state index < -0.39 is 11.4 Å². The molecule has 0 radical (unpaired) electrons. The van der Waals surface area contributed by atoms with Gasteiger partial charge in [0.2, 0.25) is 0 Å². The van der Waals surface area contributed by atoms with E-state index in [4.69, 9.17) is 0 Å². The van der Waals surface area contributed by atoms with Crippen molar-refractivity contribution in [2.24, 2.45) is 7.05 Å². The zero-order valence-electron chi connectivity index (χ0n) is 7.90. The molecular weight excluding hydrogens is 199 g/mol. The molecule has 5 heteroatoms. The van der Waals surface area contributed by atoms with Crippen LogP contribution < -0.4 is 5.56 Å². The topological polar surface area (TPSA) is 52.0 Å². The minimum absolute atomic E-state index is 0.0669. The molecule has 0 saturated carbocycles. The molecule has 0 fully saturated rings. The van der Waals surface area contributed by atoms with Crippen LogP contribution >= 0.6 is 0 Å². The molecule has 1 heterocycles. The summed E-state index contributed by atoms with van der Waals surface area (Å²) in [5.74, 6) is -0.689. The summed E-state index contributed by atoms with van der Waals surface area (Å²) < 4.78 is 14.4. The summed E-state index contributed by atoms with van der Waals surface area (Å²) in [6.45, 7) is 0. The second-order valence-electron chi connectivity index (χ2n) is 3.09. The lowest BCUT2D eigenvalue weighted by molar-refractivity contribution is 0.111. The Hall–Kier alpha value is -2.04. The molecule has 0 N–H and O–H groups in total. The third-order valence-corrected chi connectivity index (χ3v) is 2.20. The Morgan fingerprint density at radius 2 is 2.20 bits per heavy atom. The zero-order chi connectivity index (χ0) is 11.0. The van der Waals surface area contributed by atoms with Crippen molar-refractivity contribution in [2.45, 2.75) is 0 Å². The fourth-order valence-corrected chi connectivity index (χ4v) is 1.38. The third-order valence-electron chi connectivity index (χ3n) is 2.20. The number of hydrogen-bond acceptors (Lipinski definition) is 3. The minimum Gasteiger partial charge on any atom is -0.294 e. The number of benzene rings is 1. The van der Waals surface area contributed by atoms with Crippen LogP contribution in [0.4, 0.5) is 4.39 Å². The van der Waals surface area contributed by atoms with E-state index in [0.29, 0.717) is 6.29 Å². The lowest BCUT2D eigenvalue weighted by Gasteiger charge is -2.03. The average molecular weight is 206 g/mol. The van der Waals surface area contributed by atoms with E-state index in [1.807, 2.05) is 0 Å². The van der Waals surface area contributed by atoms with Crippen LogP contribution in [0.3, 0.4) is 0 Å². The average Bonchev–Trinajstić information content (AvgIpc) is 2.24. The van der Waals surface area contributed by atoms with Crippen molar-refractivity contribution < 1.29 is 9.18 Å². The molecule has 0 amide bonds. The molecule has 2 rings (SSSR count). The number of carbonyl (C=O) groups is 1. The molecule has 15 heavy (non-hydrogen) atoms. The van der Waals surface area contributed by atoms with Crippen molar-refractivity contribution >= 4 is 17.2 Å². The Kier molecular flexibility index (Phi) is 2.07. The van der Waals surface area contributed by atoms with Gasteiger partial charge < -0.3 is 0 Å². The maximum absolute atomic E-state index is 13.3. The Labute approximate surface area is 84.0 Å². The highest BCUT2D eigenvalue weighted by atomic mass is 19.1. The first-order valence-corrected chi connectivity index (χ1v) is 4.25. The van der Waals surface area contributed by atoms with Crippen molar-refractivity contribution in [3.8, 4) is 0 Å². The van der Waals surface area contributed by atoms with Gasteiger partial charge in [-0.1, -0.05) is 6.07 Å². The van der Waals surface area contributed by atoms with Gasteiger partial charge in [-0.05, 0) is 12.1 Å². The lowest BCUT2D eigenvalue weighted by atomic mass is 10.2. The monoisotopic (exact) mass is 206 g/mol. The highest BCUT2D eigenvalue weighted by molar-refractivity contribution is 5.81. The molecule has 0 bridgehead atoms. The molecule has 0 unspecified atom stereocenters. The first-order chi connectivity index (χ1) is 7.15. The van der Waals surface area contributed by atoms with E-state index in [2.05, 4.69) is 4.98 Å². The van der Waals surface area contributed by atoms with Gasteiger partial charge in [-0.2, -0.15) is 0 Å². The maximum Gasteiger partial charge on any atom is 0.261 e. The van der Waals surface area contributed by atoms with E-state index >= 15 is 0 Å². The lowest BCUT2D eigenvalue weighted by Crippen LogP contribution is -2.22. The molecule has 0 aliphatic rings. The summed E-state index contributed by atoms with van der Waals surface area (Å²) in [6, 6.07) is 4.10. The van der Waals surface area contributed by atoms with Crippen molar-refractivity contribution in [1.82, 2.24) is 9.55 Å². The summed E-state index contributed by atoms with van der Waals surface area (Å²) in [5, 5.41) is 0.170. The van der Waals surface area contributed by atoms with Gasteiger partial charge in [0.05, 0.1) is 5.39 Å². The number of fused-ring (bicyclic) bond motifs is 1. The minimum atomic E-state index is -0.603. The first-order valence-electron chi connectivity index (χ1n) is 4.25. The molecule has 0 aliphatic heterocycles. The smallest absolute Gasteiger partial charge is 0.261 e. The summed E-state index contributed by atoms with van der Waals surface area (Å²) in [7, 11) is 1.42. The zero-order valence-corrected chi connectivity index (χ0v) is 7.90. The molecule has 0 aliphatic carbocycles. The summed E-state index contributed by atoms with van der Waals surface area (Å²) in [6.07, 6.45) is 0.424. The van der Waals surface area contributed by atoms with Crippen molar-refractivity contribution in [2.75, 3.05) is 0 Å². The Bertz CT molecular complexity index is 604. The molecule has 2 aromatic rings. The van der Waals surface area contributed by atoms with Crippen LogP contribution in [0.25, 0.3) is 10.9 Å². The highest BCUT2D eigenvalue weighted by Gasteiger charge is 2.09. The van der Waals surface area contributed by atoms with Gasteiger partial charge in [-0.25, -0.2) is 9.37 Å². The fraction of sp³-hybridized carbons (Fsp3) is 0.100. The van der Waals surface area contributed by atoms with Gasteiger partial charge in [0.15, 0.2) is 12.1 Å². The maximum atomic E-state index is 13.3. The van der Waals surface area contributed by atoms with E-state index in [0.717, 1.165) is 4.57 Å². The summed E-state index contributed by atoms with van der Waals surface area (Å²) in [4.78, 5) is 26.0. The van der Waals surface area contributed by atoms with Gasteiger partial charge in [0, 0.05) is 7.05 Å². The van der Waals surface area contributed by atoms with Crippen molar-refractivity contribution in [3.05, 3.63) is 40.2 Å². The highest BCUT2D eigenvalue weighted by Crippen LogP contribution is 2.11. The van der Waals surface area contributed by atoms with Crippen LogP contribution in [0.2, 0.25) is 0 Å². The number of rotatable bonds is 1. The number of nitrogens with zero attached hydrogens (tertiary/aromatic N) is 2. The van der Waals surface area contributed by atoms with Crippen LogP contribution in [0.1, 0.15) is 10.6 Å². The van der Waals surface area contributed by atoms with E-state index in [-0.39, 0.29) is 16.7 Å². The van der Waals surface area contributed by atoms with Gasteiger partial charge in [-0.15, -0.1) is 0 Å². The number of carbonyl (C=O) groups excluding carboxylic acids is 1. The van der Waals surface area contributed by atoms with Gasteiger partial charge in [0.25, 0.3) is 5.56 Å². The number of hydrogen-bond donors (Lipinski definition) is 0. The van der Waals surface area contributed by atoms with Gasteiger partial charge in [0.1, 0.15) is 11.3 Å². The molecule has 1 aromatic heterocycles. The van der Waals surface area contributed by atoms with Crippen LogP contribution in [-0.4, -0.2) is 15.8 Å². The second-order valence-corrected chi connectivity index (χ2v) is 3.09.